The van der Waals surface area contributed by atoms with Gasteiger partial charge in [-0.25, -0.2) is 0 Å². The first kappa shape index (κ1) is 11.1. The molecule has 3 nitrogen and oxygen atoms in total. The molecule has 0 aliphatic rings. The Kier molecular flexibility index (Phi) is 2.68. The third-order valence-electron chi connectivity index (χ3n) is 2.99. The van der Waals surface area contributed by atoms with Gasteiger partial charge in [-0.2, -0.15) is 0 Å². The van der Waals surface area contributed by atoms with Gasteiger partial charge in [-0.15, -0.1) is 0 Å². The Morgan fingerprint density at radius 2 is 2.11 bits per heavy atom. The van der Waals surface area contributed by atoms with E-state index in [2.05, 4.69) is 0 Å². The lowest BCUT2D eigenvalue weighted by atomic mass is 10.1. The largest absolute Gasteiger partial charge is 0.469 e. The first-order valence-electron chi connectivity index (χ1n) is 5.93. The normalized spacial score (nSPS) is 13.0. The summed E-state index contributed by atoms with van der Waals surface area (Å²) in [4.78, 5) is 0. The maximum absolute atomic E-state index is 10.1. The van der Waals surface area contributed by atoms with Crippen LogP contribution in [0.1, 0.15) is 23.2 Å². The molecule has 3 rings (SSSR count). The molecule has 0 saturated carbocycles. The van der Waals surface area contributed by atoms with Crippen molar-refractivity contribution in [3.8, 4) is 0 Å². The van der Waals surface area contributed by atoms with Gasteiger partial charge in [0, 0.05) is 11.8 Å². The molecule has 0 aliphatic heterocycles. The molecule has 18 heavy (non-hydrogen) atoms. The molecule has 1 N–H and O–H groups in total. The van der Waals surface area contributed by atoms with Crippen molar-refractivity contribution in [2.75, 3.05) is 0 Å². The SMILES string of the molecule is Cc1ccc2oc(C(O)Cc3ccco3)cc2c1. The van der Waals surface area contributed by atoms with E-state index in [1.807, 2.05) is 43.3 Å². The van der Waals surface area contributed by atoms with Gasteiger partial charge in [-0.05, 0) is 37.3 Å². The predicted octanol–water partition coefficient (Wildman–Crippen LogP) is 3.61. The summed E-state index contributed by atoms with van der Waals surface area (Å²) < 4.78 is 10.9. The highest BCUT2D eigenvalue weighted by molar-refractivity contribution is 5.78. The van der Waals surface area contributed by atoms with Gasteiger partial charge in [0.2, 0.25) is 0 Å². The van der Waals surface area contributed by atoms with Gasteiger partial charge in [0.05, 0.1) is 6.26 Å². The fraction of sp³-hybridized carbons (Fsp3) is 0.200. The van der Waals surface area contributed by atoms with Gasteiger partial charge in [-0.3, -0.25) is 0 Å². The van der Waals surface area contributed by atoms with Crippen molar-refractivity contribution in [2.45, 2.75) is 19.4 Å². The van der Waals surface area contributed by atoms with E-state index in [-0.39, 0.29) is 0 Å². The molecule has 0 spiro atoms. The first-order chi connectivity index (χ1) is 8.72. The minimum absolute atomic E-state index is 0.422. The molecule has 0 aliphatic carbocycles. The minimum Gasteiger partial charge on any atom is -0.469 e. The third-order valence-corrected chi connectivity index (χ3v) is 2.99. The fourth-order valence-electron chi connectivity index (χ4n) is 2.07. The molecular formula is C15H14O3. The Labute approximate surface area is 105 Å². The number of hydrogen-bond donors (Lipinski definition) is 1. The van der Waals surface area contributed by atoms with Crippen LogP contribution in [0.5, 0.6) is 0 Å². The number of furan rings is 2. The fourth-order valence-corrected chi connectivity index (χ4v) is 2.07. The van der Waals surface area contributed by atoms with Crippen molar-refractivity contribution in [1.29, 1.82) is 0 Å². The van der Waals surface area contributed by atoms with Crippen LogP contribution in [0.4, 0.5) is 0 Å². The monoisotopic (exact) mass is 242 g/mol. The molecule has 0 saturated heterocycles. The standard InChI is InChI=1S/C15H14O3/c1-10-4-5-14-11(7-10)8-15(18-14)13(16)9-12-3-2-6-17-12/h2-8,13,16H,9H2,1H3. The maximum atomic E-state index is 10.1. The molecule has 1 atom stereocenters. The second kappa shape index (κ2) is 4.35. The molecule has 2 aromatic heterocycles. The van der Waals surface area contributed by atoms with E-state index < -0.39 is 6.10 Å². The molecule has 1 aromatic carbocycles. The van der Waals surface area contributed by atoms with Crippen molar-refractivity contribution in [1.82, 2.24) is 0 Å². The van der Waals surface area contributed by atoms with Crippen LogP contribution in [0, 0.1) is 6.92 Å². The van der Waals surface area contributed by atoms with E-state index in [1.165, 1.54) is 5.56 Å². The average Bonchev–Trinajstić information content (AvgIpc) is 2.96. The molecule has 1 unspecified atom stereocenters. The third kappa shape index (κ3) is 2.05. The van der Waals surface area contributed by atoms with Gasteiger partial charge in [-0.1, -0.05) is 11.6 Å². The summed E-state index contributed by atoms with van der Waals surface area (Å²) in [7, 11) is 0. The highest BCUT2D eigenvalue weighted by atomic mass is 16.4. The van der Waals surface area contributed by atoms with Crippen LogP contribution in [-0.4, -0.2) is 5.11 Å². The Morgan fingerprint density at radius 3 is 2.89 bits per heavy atom. The van der Waals surface area contributed by atoms with E-state index in [1.54, 1.807) is 6.26 Å². The van der Waals surface area contributed by atoms with Gasteiger partial charge in [0.25, 0.3) is 0 Å². The summed E-state index contributed by atoms with van der Waals surface area (Å²) in [5.41, 5.74) is 1.98. The Balaban J connectivity index is 1.89. The van der Waals surface area contributed by atoms with Crippen LogP contribution < -0.4 is 0 Å². The van der Waals surface area contributed by atoms with Crippen molar-refractivity contribution in [3.63, 3.8) is 0 Å². The van der Waals surface area contributed by atoms with Gasteiger partial charge in [0.1, 0.15) is 23.2 Å². The number of aliphatic hydroxyl groups is 1. The van der Waals surface area contributed by atoms with E-state index in [0.29, 0.717) is 12.2 Å². The van der Waals surface area contributed by atoms with Crippen LogP contribution in [0.2, 0.25) is 0 Å². The number of benzene rings is 1. The molecule has 2 heterocycles. The molecule has 0 amide bonds. The van der Waals surface area contributed by atoms with Crippen LogP contribution in [-0.2, 0) is 6.42 Å². The first-order valence-corrected chi connectivity index (χ1v) is 5.93. The van der Waals surface area contributed by atoms with Crippen molar-refractivity contribution in [3.05, 3.63) is 59.7 Å². The van der Waals surface area contributed by atoms with Crippen LogP contribution in [0.3, 0.4) is 0 Å². The van der Waals surface area contributed by atoms with Crippen molar-refractivity contribution >= 4 is 11.0 Å². The molecule has 0 bridgehead atoms. The van der Waals surface area contributed by atoms with Crippen molar-refractivity contribution < 1.29 is 13.9 Å². The number of rotatable bonds is 3. The lowest BCUT2D eigenvalue weighted by Crippen LogP contribution is -1.98. The van der Waals surface area contributed by atoms with E-state index >= 15 is 0 Å². The van der Waals surface area contributed by atoms with Gasteiger partial charge < -0.3 is 13.9 Å². The summed E-state index contributed by atoms with van der Waals surface area (Å²) in [5.74, 6) is 1.33. The van der Waals surface area contributed by atoms with E-state index in [4.69, 9.17) is 8.83 Å². The minimum atomic E-state index is -0.677. The number of aliphatic hydroxyl groups excluding tert-OH is 1. The highest BCUT2D eigenvalue weighted by Crippen LogP contribution is 2.26. The second-order valence-corrected chi connectivity index (χ2v) is 4.49. The van der Waals surface area contributed by atoms with E-state index in [0.717, 1.165) is 16.7 Å². The molecule has 0 radical (unpaired) electrons. The lowest BCUT2D eigenvalue weighted by molar-refractivity contribution is 0.146. The summed E-state index contributed by atoms with van der Waals surface area (Å²) in [6.07, 6.45) is 1.35. The molecule has 0 fully saturated rings. The van der Waals surface area contributed by atoms with E-state index in [9.17, 15) is 5.11 Å². The molecule has 3 heteroatoms. The predicted molar refractivity (Wildman–Crippen MR) is 68.3 cm³/mol. The summed E-state index contributed by atoms with van der Waals surface area (Å²) >= 11 is 0. The zero-order chi connectivity index (χ0) is 12.5. The summed E-state index contributed by atoms with van der Waals surface area (Å²) in [6, 6.07) is 11.5. The topological polar surface area (TPSA) is 46.5 Å². The lowest BCUT2D eigenvalue weighted by Gasteiger charge is -2.04. The Morgan fingerprint density at radius 1 is 1.22 bits per heavy atom. The van der Waals surface area contributed by atoms with Crippen LogP contribution in [0.15, 0.2) is 51.5 Å². The zero-order valence-corrected chi connectivity index (χ0v) is 10.1. The van der Waals surface area contributed by atoms with Gasteiger partial charge in [0.15, 0.2) is 0 Å². The number of fused-ring (bicyclic) bond motifs is 1. The number of aryl methyl sites for hydroxylation is 1. The van der Waals surface area contributed by atoms with Crippen LogP contribution in [0.25, 0.3) is 11.0 Å². The summed E-state index contributed by atoms with van der Waals surface area (Å²) in [6.45, 7) is 2.03. The van der Waals surface area contributed by atoms with Crippen LogP contribution >= 0.6 is 0 Å². The number of hydrogen-bond acceptors (Lipinski definition) is 3. The Bertz CT molecular complexity index is 649. The highest BCUT2D eigenvalue weighted by Gasteiger charge is 2.15. The maximum Gasteiger partial charge on any atom is 0.134 e. The molecule has 3 aromatic rings. The smallest absolute Gasteiger partial charge is 0.134 e. The quantitative estimate of drug-likeness (QED) is 0.763. The van der Waals surface area contributed by atoms with Crippen molar-refractivity contribution in [2.24, 2.45) is 0 Å². The zero-order valence-electron chi connectivity index (χ0n) is 10.1. The molecular weight excluding hydrogens is 228 g/mol. The second-order valence-electron chi connectivity index (χ2n) is 4.49. The average molecular weight is 242 g/mol. The molecule has 92 valence electrons. The van der Waals surface area contributed by atoms with Gasteiger partial charge >= 0.3 is 0 Å². The Hall–Kier alpha value is -2.00. The summed E-state index contributed by atoms with van der Waals surface area (Å²) in [5, 5.41) is 11.1.